The molecule has 1 aliphatic heterocycles. The lowest BCUT2D eigenvalue weighted by atomic mass is 10.1. The molecule has 1 fully saturated rings. The van der Waals surface area contributed by atoms with Crippen molar-refractivity contribution in [2.24, 2.45) is 0 Å². The van der Waals surface area contributed by atoms with E-state index in [1.54, 1.807) is 23.2 Å². The number of nitrogens with zero attached hydrogens (tertiary/aromatic N) is 3. The topological polar surface area (TPSA) is 67.2 Å². The number of hydrogen-bond donors (Lipinski definition) is 1. The summed E-state index contributed by atoms with van der Waals surface area (Å²) < 4.78 is 1.67. The van der Waals surface area contributed by atoms with Crippen molar-refractivity contribution in [2.75, 3.05) is 6.54 Å². The number of nitrogens with one attached hydrogen (secondary N) is 1. The van der Waals surface area contributed by atoms with Crippen molar-refractivity contribution < 1.29 is 9.59 Å². The average molecular weight is 338 g/mol. The van der Waals surface area contributed by atoms with Crippen molar-refractivity contribution in [2.45, 2.75) is 0 Å². The van der Waals surface area contributed by atoms with Crippen LogP contribution in [0.1, 0.15) is 5.56 Å². The summed E-state index contributed by atoms with van der Waals surface area (Å²) in [5.41, 5.74) is 1.54. The van der Waals surface area contributed by atoms with Gasteiger partial charge in [0.25, 0.3) is 11.8 Å². The summed E-state index contributed by atoms with van der Waals surface area (Å²) in [7, 11) is 0. The highest BCUT2D eigenvalue weighted by Crippen LogP contribution is 2.15. The monoisotopic (exact) mass is 338 g/mol. The molecule has 0 spiro atoms. The van der Waals surface area contributed by atoms with Crippen LogP contribution in [-0.2, 0) is 9.59 Å². The maximum absolute atomic E-state index is 12.5. The summed E-state index contributed by atoms with van der Waals surface area (Å²) in [5.74, 6) is -0.964. The second-order valence-corrected chi connectivity index (χ2v) is 5.46. The molecule has 0 saturated carbocycles. The number of rotatable bonds is 4. The molecule has 3 rings (SSSR count). The van der Waals surface area contributed by atoms with Crippen LogP contribution in [0, 0.1) is 0 Å². The summed E-state index contributed by atoms with van der Waals surface area (Å²) in [5, 5.41) is 6.84. The van der Waals surface area contributed by atoms with E-state index in [9.17, 15) is 9.59 Å². The van der Waals surface area contributed by atoms with Gasteiger partial charge < -0.3 is 0 Å². The van der Waals surface area contributed by atoms with E-state index in [0.717, 1.165) is 5.69 Å². The molecule has 1 aromatic carbocycles. The van der Waals surface area contributed by atoms with Gasteiger partial charge in [0.1, 0.15) is 5.57 Å². The Bertz CT molecular complexity index is 854. The first kappa shape index (κ1) is 15.8. The van der Waals surface area contributed by atoms with Gasteiger partial charge in [-0.15, -0.1) is 6.58 Å². The molecule has 0 aliphatic carbocycles. The molecule has 1 aromatic heterocycles. The molecule has 6 nitrogen and oxygen atoms in total. The fraction of sp³-hybridized carbons (Fsp3) is 0.0588. The molecule has 0 radical (unpaired) electrons. The first-order chi connectivity index (χ1) is 11.6. The van der Waals surface area contributed by atoms with E-state index in [-0.39, 0.29) is 17.2 Å². The zero-order valence-corrected chi connectivity index (χ0v) is 13.5. The number of para-hydroxylation sites is 1. The molecule has 7 heteroatoms. The lowest BCUT2D eigenvalue weighted by molar-refractivity contribution is -0.128. The number of amides is 2. The second kappa shape index (κ2) is 6.59. The van der Waals surface area contributed by atoms with Crippen molar-refractivity contribution in [1.82, 2.24) is 20.0 Å². The van der Waals surface area contributed by atoms with E-state index in [1.807, 2.05) is 30.3 Å². The second-order valence-electron chi connectivity index (χ2n) is 5.08. The molecule has 2 amide bonds. The fourth-order valence-electron chi connectivity index (χ4n) is 2.29. The van der Waals surface area contributed by atoms with Crippen molar-refractivity contribution >= 4 is 35.2 Å². The van der Waals surface area contributed by atoms with Crippen LogP contribution in [0.15, 0.2) is 61.0 Å². The van der Waals surface area contributed by atoms with Gasteiger partial charge in [-0.1, -0.05) is 24.3 Å². The van der Waals surface area contributed by atoms with Gasteiger partial charge in [0.05, 0.1) is 11.9 Å². The normalized spacial score (nSPS) is 16.4. The van der Waals surface area contributed by atoms with Crippen LogP contribution in [0.4, 0.5) is 0 Å². The molecular weight excluding hydrogens is 324 g/mol. The summed E-state index contributed by atoms with van der Waals surface area (Å²) in [4.78, 5) is 25.8. The number of benzene rings is 1. The molecule has 1 saturated heterocycles. The standard InChI is InChI=1S/C17H14N4O2S/c1-2-8-20-16(23)14(15(22)19-17(20)24)9-12-10-18-21(11-12)13-6-4-3-5-7-13/h2-7,9-11H,1,8H2,(H,19,22,24). The summed E-state index contributed by atoms with van der Waals surface area (Å²) in [6, 6.07) is 9.54. The fourth-order valence-corrected chi connectivity index (χ4v) is 2.54. The van der Waals surface area contributed by atoms with Gasteiger partial charge in [0.15, 0.2) is 5.11 Å². The smallest absolute Gasteiger partial charge is 0.265 e. The minimum Gasteiger partial charge on any atom is -0.298 e. The molecule has 2 heterocycles. The van der Waals surface area contributed by atoms with Crippen LogP contribution < -0.4 is 5.32 Å². The molecule has 0 unspecified atom stereocenters. The van der Waals surface area contributed by atoms with E-state index in [2.05, 4.69) is 17.0 Å². The van der Waals surface area contributed by atoms with E-state index >= 15 is 0 Å². The third kappa shape index (κ3) is 3.02. The third-order valence-electron chi connectivity index (χ3n) is 3.43. The highest BCUT2D eigenvalue weighted by molar-refractivity contribution is 7.80. The Hall–Kier alpha value is -3.06. The van der Waals surface area contributed by atoms with Crippen LogP contribution in [0.2, 0.25) is 0 Å². The van der Waals surface area contributed by atoms with Crippen LogP contribution in [-0.4, -0.2) is 38.2 Å². The summed E-state index contributed by atoms with van der Waals surface area (Å²) in [6.45, 7) is 3.82. The maximum Gasteiger partial charge on any atom is 0.265 e. The Labute approximate surface area is 144 Å². The minimum absolute atomic E-state index is 0.0121. The zero-order chi connectivity index (χ0) is 17.1. The first-order valence-corrected chi connectivity index (χ1v) is 7.61. The van der Waals surface area contributed by atoms with Gasteiger partial charge >= 0.3 is 0 Å². The summed E-state index contributed by atoms with van der Waals surface area (Å²) in [6.07, 6.45) is 6.38. The number of hydrogen-bond acceptors (Lipinski definition) is 4. The molecule has 0 atom stereocenters. The SMILES string of the molecule is C=CCN1C(=O)C(=Cc2cnn(-c3ccccc3)c2)C(=O)NC1=S. The molecule has 1 aliphatic rings. The quantitative estimate of drug-likeness (QED) is 0.399. The van der Waals surface area contributed by atoms with Crippen molar-refractivity contribution in [3.63, 3.8) is 0 Å². The maximum atomic E-state index is 12.5. The summed E-state index contributed by atoms with van der Waals surface area (Å²) >= 11 is 5.01. The average Bonchev–Trinajstić information content (AvgIpc) is 3.05. The highest BCUT2D eigenvalue weighted by atomic mass is 32.1. The van der Waals surface area contributed by atoms with E-state index < -0.39 is 11.8 Å². The van der Waals surface area contributed by atoms with Gasteiger partial charge in [-0.05, 0) is 30.4 Å². The van der Waals surface area contributed by atoms with Crippen molar-refractivity contribution in [3.8, 4) is 5.69 Å². The highest BCUT2D eigenvalue weighted by Gasteiger charge is 2.32. The zero-order valence-electron chi connectivity index (χ0n) is 12.7. The molecule has 120 valence electrons. The Morgan fingerprint density at radius 3 is 2.71 bits per heavy atom. The number of carbonyl (C=O) groups excluding carboxylic acids is 2. The minimum atomic E-state index is -0.516. The predicted octanol–water partition coefficient (Wildman–Crippen LogP) is 1.68. The molecule has 2 aromatic rings. The van der Waals surface area contributed by atoms with Gasteiger partial charge in [-0.25, -0.2) is 4.68 Å². The van der Waals surface area contributed by atoms with Crippen LogP contribution in [0.5, 0.6) is 0 Å². The molecular formula is C17H14N4O2S. The van der Waals surface area contributed by atoms with Crippen LogP contribution in [0.3, 0.4) is 0 Å². The lowest BCUT2D eigenvalue weighted by Gasteiger charge is -2.27. The molecule has 0 bridgehead atoms. The van der Waals surface area contributed by atoms with Gasteiger partial charge in [-0.2, -0.15) is 5.10 Å². The number of aromatic nitrogens is 2. The van der Waals surface area contributed by atoms with Gasteiger partial charge in [0, 0.05) is 18.3 Å². The Balaban J connectivity index is 1.91. The van der Waals surface area contributed by atoms with Gasteiger partial charge in [0.2, 0.25) is 0 Å². The van der Waals surface area contributed by atoms with Crippen LogP contribution in [0.25, 0.3) is 11.8 Å². The molecule has 1 N–H and O–H groups in total. The lowest BCUT2D eigenvalue weighted by Crippen LogP contribution is -2.53. The van der Waals surface area contributed by atoms with Crippen molar-refractivity contribution in [3.05, 3.63) is 66.5 Å². The third-order valence-corrected chi connectivity index (χ3v) is 3.75. The van der Waals surface area contributed by atoms with Crippen molar-refractivity contribution in [1.29, 1.82) is 0 Å². The van der Waals surface area contributed by atoms with Crippen LogP contribution >= 0.6 is 12.2 Å². The van der Waals surface area contributed by atoms with Gasteiger partial charge in [-0.3, -0.25) is 19.8 Å². The number of carbonyl (C=O) groups is 2. The van der Waals surface area contributed by atoms with E-state index in [4.69, 9.17) is 12.2 Å². The first-order valence-electron chi connectivity index (χ1n) is 7.20. The Morgan fingerprint density at radius 1 is 1.25 bits per heavy atom. The van der Waals surface area contributed by atoms with E-state index in [0.29, 0.717) is 5.56 Å². The number of thiocarbonyl (C=S) groups is 1. The predicted molar refractivity (Wildman–Crippen MR) is 94.2 cm³/mol. The largest absolute Gasteiger partial charge is 0.298 e. The Morgan fingerprint density at radius 2 is 2.00 bits per heavy atom. The van der Waals surface area contributed by atoms with E-state index in [1.165, 1.54) is 11.0 Å². The Kier molecular flexibility index (Phi) is 4.35. The molecule has 24 heavy (non-hydrogen) atoms.